The second kappa shape index (κ2) is 4.72. The third-order valence-electron chi connectivity index (χ3n) is 1.11. The molecule has 0 aliphatic rings. The highest BCUT2D eigenvalue weighted by Gasteiger charge is 1.87. The van der Waals surface area contributed by atoms with E-state index in [2.05, 4.69) is 4.98 Å². The van der Waals surface area contributed by atoms with Gasteiger partial charge in [-0.3, -0.25) is 4.79 Å². The maximum atomic E-state index is 10.7. The molecule has 1 aromatic heterocycles. The van der Waals surface area contributed by atoms with Gasteiger partial charge in [-0.15, -0.1) is 0 Å². The molecule has 0 saturated heterocycles. The Morgan fingerprint density at radius 2 is 1.45 bits per heavy atom. The van der Waals surface area contributed by atoms with Crippen molar-refractivity contribution in [2.45, 2.75) is 27.7 Å². The maximum absolute atomic E-state index is 10.7. The van der Waals surface area contributed by atoms with Gasteiger partial charge in [-0.1, -0.05) is 13.8 Å². The molecule has 2 heteroatoms. The van der Waals surface area contributed by atoms with E-state index >= 15 is 0 Å². The van der Waals surface area contributed by atoms with E-state index < -0.39 is 0 Å². The van der Waals surface area contributed by atoms with Gasteiger partial charge in [-0.25, -0.2) is 0 Å². The SMILES string of the molecule is CC.Cc1cc(=O)cc(C)[nH]1. The molecule has 0 unspecified atom stereocenters. The smallest absolute Gasteiger partial charge is 0.182 e. The number of H-pyrrole nitrogens is 1. The van der Waals surface area contributed by atoms with Crippen molar-refractivity contribution in [3.63, 3.8) is 0 Å². The highest BCUT2D eigenvalue weighted by Crippen LogP contribution is 1.88. The first-order valence-electron chi connectivity index (χ1n) is 3.86. The predicted octanol–water partition coefficient (Wildman–Crippen LogP) is 2.02. The average Bonchev–Trinajstić information content (AvgIpc) is 1.88. The molecule has 1 heterocycles. The normalized spacial score (nSPS) is 8.36. The molecule has 0 aliphatic heterocycles. The van der Waals surface area contributed by atoms with Crippen molar-refractivity contribution in [3.05, 3.63) is 33.7 Å². The molecule has 0 aromatic carbocycles. The van der Waals surface area contributed by atoms with Crippen LogP contribution in [-0.4, -0.2) is 4.98 Å². The summed E-state index contributed by atoms with van der Waals surface area (Å²) in [6.07, 6.45) is 0. The zero-order chi connectivity index (χ0) is 8.85. The Morgan fingerprint density at radius 3 is 1.73 bits per heavy atom. The second-order valence-corrected chi connectivity index (χ2v) is 2.18. The van der Waals surface area contributed by atoms with Crippen LogP contribution >= 0.6 is 0 Å². The third kappa shape index (κ3) is 3.61. The lowest BCUT2D eigenvalue weighted by Gasteiger charge is -1.92. The number of nitrogens with one attached hydrogen (secondary N) is 1. The number of aryl methyl sites for hydroxylation is 2. The Bertz CT molecular complexity index is 239. The van der Waals surface area contributed by atoms with E-state index in [1.54, 1.807) is 12.1 Å². The first-order chi connectivity index (χ1) is 5.18. The molecule has 0 bridgehead atoms. The number of hydrogen-bond donors (Lipinski definition) is 1. The standard InChI is InChI=1S/C7H9NO.C2H6/c1-5-3-7(9)4-6(2)8-5;1-2/h3-4H,1-2H3,(H,8,9);1-2H3. The van der Waals surface area contributed by atoms with Crippen molar-refractivity contribution in [2.24, 2.45) is 0 Å². The second-order valence-electron chi connectivity index (χ2n) is 2.18. The molecule has 0 fully saturated rings. The van der Waals surface area contributed by atoms with E-state index in [1.165, 1.54) is 0 Å². The van der Waals surface area contributed by atoms with Crippen LogP contribution in [0.3, 0.4) is 0 Å². The third-order valence-corrected chi connectivity index (χ3v) is 1.11. The summed E-state index contributed by atoms with van der Waals surface area (Å²) in [5.74, 6) is 0. The molecule has 11 heavy (non-hydrogen) atoms. The van der Waals surface area contributed by atoms with Crippen molar-refractivity contribution in [1.29, 1.82) is 0 Å². The van der Waals surface area contributed by atoms with Gasteiger partial charge in [0, 0.05) is 23.5 Å². The first kappa shape index (κ1) is 9.95. The van der Waals surface area contributed by atoms with Gasteiger partial charge in [0.2, 0.25) is 0 Å². The minimum Gasteiger partial charge on any atom is -0.362 e. The van der Waals surface area contributed by atoms with Gasteiger partial charge in [0.05, 0.1) is 0 Å². The molecule has 1 rings (SSSR count). The summed E-state index contributed by atoms with van der Waals surface area (Å²) in [6, 6.07) is 3.15. The van der Waals surface area contributed by atoms with Crippen molar-refractivity contribution >= 4 is 0 Å². The summed E-state index contributed by atoms with van der Waals surface area (Å²) in [4.78, 5) is 13.7. The van der Waals surface area contributed by atoms with Crippen LogP contribution in [0, 0.1) is 13.8 Å². The van der Waals surface area contributed by atoms with E-state index in [-0.39, 0.29) is 5.43 Å². The largest absolute Gasteiger partial charge is 0.362 e. The van der Waals surface area contributed by atoms with Gasteiger partial charge in [-0.05, 0) is 13.8 Å². The molecule has 62 valence electrons. The highest BCUT2D eigenvalue weighted by atomic mass is 16.1. The summed E-state index contributed by atoms with van der Waals surface area (Å²) in [5.41, 5.74) is 1.91. The summed E-state index contributed by atoms with van der Waals surface area (Å²) in [7, 11) is 0. The van der Waals surface area contributed by atoms with E-state index in [0.29, 0.717) is 0 Å². The van der Waals surface area contributed by atoms with Crippen LogP contribution in [0.5, 0.6) is 0 Å². The Balaban J connectivity index is 0.000000461. The summed E-state index contributed by atoms with van der Waals surface area (Å²) in [6.45, 7) is 7.74. The molecule has 0 amide bonds. The molecule has 0 spiro atoms. The Labute approximate surface area is 67.3 Å². The van der Waals surface area contributed by atoms with Crippen LogP contribution < -0.4 is 5.43 Å². The van der Waals surface area contributed by atoms with Gasteiger partial charge >= 0.3 is 0 Å². The lowest BCUT2D eigenvalue weighted by Crippen LogP contribution is -2.00. The number of pyridine rings is 1. The predicted molar refractivity (Wildman–Crippen MR) is 47.9 cm³/mol. The molecule has 0 atom stereocenters. The first-order valence-corrected chi connectivity index (χ1v) is 3.86. The van der Waals surface area contributed by atoms with E-state index in [4.69, 9.17) is 0 Å². The molecule has 0 radical (unpaired) electrons. The maximum Gasteiger partial charge on any atom is 0.182 e. The number of aromatic nitrogens is 1. The monoisotopic (exact) mass is 153 g/mol. The van der Waals surface area contributed by atoms with E-state index in [0.717, 1.165) is 11.4 Å². The minimum atomic E-state index is 0.0729. The molecule has 2 nitrogen and oxygen atoms in total. The van der Waals surface area contributed by atoms with Crippen LogP contribution in [0.4, 0.5) is 0 Å². The topological polar surface area (TPSA) is 32.9 Å². The lowest BCUT2D eigenvalue weighted by molar-refractivity contribution is 1.11. The van der Waals surface area contributed by atoms with Gasteiger partial charge in [0.15, 0.2) is 5.43 Å². The fraction of sp³-hybridized carbons (Fsp3) is 0.444. The summed E-state index contributed by atoms with van der Waals surface area (Å²) < 4.78 is 0. The summed E-state index contributed by atoms with van der Waals surface area (Å²) in [5, 5.41) is 0. The minimum absolute atomic E-state index is 0.0729. The Morgan fingerprint density at radius 1 is 1.09 bits per heavy atom. The van der Waals surface area contributed by atoms with Crippen LogP contribution in [0.25, 0.3) is 0 Å². The highest BCUT2D eigenvalue weighted by molar-refractivity contribution is 5.08. The number of hydrogen-bond acceptors (Lipinski definition) is 1. The van der Waals surface area contributed by atoms with Gasteiger partial charge < -0.3 is 4.98 Å². The quantitative estimate of drug-likeness (QED) is 0.607. The molecule has 1 N–H and O–H groups in total. The molecule has 1 aromatic rings. The average molecular weight is 153 g/mol. The number of aromatic amines is 1. The lowest BCUT2D eigenvalue weighted by atomic mass is 10.3. The van der Waals surface area contributed by atoms with E-state index in [1.807, 2.05) is 27.7 Å². The molecular weight excluding hydrogens is 138 g/mol. The van der Waals surface area contributed by atoms with Crippen LogP contribution in [0.2, 0.25) is 0 Å². The van der Waals surface area contributed by atoms with E-state index in [9.17, 15) is 4.79 Å². The van der Waals surface area contributed by atoms with Crippen molar-refractivity contribution < 1.29 is 0 Å². The van der Waals surface area contributed by atoms with Crippen molar-refractivity contribution in [3.8, 4) is 0 Å². The van der Waals surface area contributed by atoms with Gasteiger partial charge in [0.1, 0.15) is 0 Å². The molecular formula is C9H15NO. The zero-order valence-electron chi connectivity index (χ0n) is 7.56. The van der Waals surface area contributed by atoms with Crippen molar-refractivity contribution in [2.75, 3.05) is 0 Å². The molecule has 0 aliphatic carbocycles. The molecule has 0 saturated carbocycles. The van der Waals surface area contributed by atoms with Crippen molar-refractivity contribution in [1.82, 2.24) is 4.98 Å². The Hall–Kier alpha value is -1.05. The fourth-order valence-electron chi connectivity index (χ4n) is 0.852. The summed E-state index contributed by atoms with van der Waals surface area (Å²) >= 11 is 0. The van der Waals surface area contributed by atoms with Gasteiger partial charge in [0.25, 0.3) is 0 Å². The zero-order valence-corrected chi connectivity index (χ0v) is 7.56. The fourth-order valence-corrected chi connectivity index (χ4v) is 0.852. The van der Waals surface area contributed by atoms with Crippen LogP contribution in [0.1, 0.15) is 25.2 Å². The van der Waals surface area contributed by atoms with Gasteiger partial charge in [-0.2, -0.15) is 0 Å². The van der Waals surface area contributed by atoms with Crippen LogP contribution in [-0.2, 0) is 0 Å². The Kier molecular flexibility index (Phi) is 4.27. The van der Waals surface area contributed by atoms with Crippen LogP contribution in [0.15, 0.2) is 16.9 Å². The number of rotatable bonds is 0.